The van der Waals surface area contributed by atoms with Crippen molar-refractivity contribution >= 4 is 49.8 Å². The molecule has 0 amide bonds. The molecule has 2 heteroatoms. The van der Waals surface area contributed by atoms with Gasteiger partial charge in [0.2, 0.25) is 0 Å². The fourth-order valence-electron chi connectivity index (χ4n) is 8.25. The molecule has 1 aliphatic rings. The summed E-state index contributed by atoms with van der Waals surface area (Å²) in [7, 11) is 0. The third-order valence-electron chi connectivity index (χ3n) is 10.7. The lowest BCUT2D eigenvalue weighted by atomic mass is 9.74. The van der Waals surface area contributed by atoms with Crippen molar-refractivity contribution in [3.8, 4) is 22.3 Å². The molecule has 0 fully saturated rings. The number of nitrogens with zero attached hydrogens (tertiary/aromatic N) is 1. The fraction of sp³-hybridized carbons (Fsp3) is 0.0417. The van der Waals surface area contributed by atoms with Gasteiger partial charge in [0, 0.05) is 22.2 Å². The van der Waals surface area contributed by atoms with E-state index in [1.807, 2.05) is 0 Å². The molecule has 0 N–H and O–H groups in total. The number of hydrogen-bond acceptors (Lipinski definition) is 2. The van der Waals surface area contributed by atoms with Crippen molar-refractivity contribution in [1.29, 1.82) is 0 Å². The molecule has 0 saturated carbocycles. The minimum Gasteiger partial charge on any atom is -0.456 e. The van der Waals surface area contributed by atoms with Crippen LogP contribution < -0.4 is 4.90 Å². The van der Waals surface area contributed by atoms with Gasteiger partial charge in [-0.3, -0.25) is 0 Å². The van der Waals surface area contributed by atoms with E-state index in [9.17, 15) is 0 Å². The normalized spacial score (nSPS) is 13.1. The van der Waals surface area contributed by atoms with Gasteiger partial charge in [-0.2, -0.15) is 0 Å². The highest BCUT2D eigenvalue weighted by Crippen LogP contribution is 2.53. The first kappa shape index (κ1) is 28.6. The van der Waals surface area contributed by atoms with E-state index in [0.29, 0.717) is 0 Å². The van der Waals surface area contributed by atoms with E-state index in [-0.39, 0.29) is 5.41 Å². The van der Waals surface area contributed by atoms with Gasteiger partial charge in [-0.25, -0.2) is 0 Å². The van der Waals surface area contributed by atoms with Crippen LogP contribution in [0.5, 0.6) is 0 Å². The lowest BCUT2D eigenvalue weighted by Crippen LogP contribution is -2.22. The molecule has 2 nitrogen and oxygen atoms in total. The van der Waals surface area contributed by atoms with E-state index in [1.165, 1.54) is 49.7 Å². The second kappa shape index (κ2) is 11.1. The minimum atomic E-state index is -0.300. The maximum Gasteiger partial charge on any atom is 0.137 e. The standard InChI is InChI=1S/C48H33NO/c1-48(42-18-9-7-16-39(42)40-17-8-10-19-43(40)48)36-25-29-45-41(31-36)47-44(20-11-21-46(47)50-45)49(38-28-24-33-14-5-6-15-35(33)30-38)37-26-22-34(23-27-37)32-12-3-2-4-13-32/h2-31H,1H3. The van der Waals surface area contributed by atoms with Crippen molar-refractivity contribution in [3.05, 3.63) is 199 Å². The zero-order chi connectivity index (χ0) is 33.2. The number of hydrogen-bond donors (Lipinski definition) is 0. The van der Waals surface area contributed by atoms with Crippen molar-refractivity contribution in [2.24, 2.45) is 0 Å². The molecule has 50 heavy (non-hydrogen) atoms. The Morgan fingerprint density at radius 1 is 0.460 bits per heavy atom. The first-order valence-corrected chi connectivity index (χ1v) is 17.3. The Hall–Kier alpha value is -6.38. The lowest BCUT2D eigenvalue weighted by Gasteiger charge is -2.29. The van der Waals surface area contributed by atoms with Crippen LogP contribution in [-0.2, 0) is 5.41 Å². The van der Waals surface area contributed by atoms with Crippen LogP contribution in [0.15, 0.2) is 186 Å². The number of rotatable bonds is 5. The van der Waals surface area contributed by atoms with Crippen LogP contribution in [0.4, 0.5) is 17.1 Å². The largest absolute Gasteiger partial charge is 0.456 e. The Balaban J connectivity index is 1.20. The van der Waals surface area contributed by atoms with Gasteiger partial charge < -0.3 is 9.32 Å². The number of furan rings is 1. The van der Waals surface area contributed by atoms with E-state index in [0.717, 1.165) is 39.0 Å². The Kier molecular flexibility index (Phi) is 6.34. The van der Waals surface area contributed by atoms with E-state index in [4.69, 9.17) is 4.42 Å². The third-order valence-corrected chi connectivity index (χ3v) is 10.7. The summed E-state index contributed by atoms with van der Waals surface area (Å²) in [5.41, 5.74) is 13.7. The Morgan fingerprint density at radius 3 is 1.86 bits per heavy atom. The van der Waals surface area contributed by atoms with Gasteiger partial charge in [0.1, 0.15) is 11.2 Å². The third kappa shape index (κ3) is 4.28. The molecule has 1 aromatic heterocycles. The zero-order valence-electron chi connectivity index (χ0n) is 27.7. The van der Waals surface area contributed by atoms with Gasteiger partial charge in [0.25, 0.3) is 0 Å². The van der Waals surface area contributed by atoms with Crippen LogP contribution in [-0.4, -0.2) is 0 Å². The molecule has 9 aromatic rings. The number of benzene rings is 8. The predicted octanol–water partition coefficient (Wildman–Crippen LogP) is 13.2. The highest BCUT2D eigenvalue weighted by Gasteiger charge is 2.40. The maximum absolute atomic E-state index is 6.63. The van der Waals surface area contributed by atoms with Crippen LogP contribution in [0, 0.1) is 0 Å². The highest BCUT2D eigenvalue weighted by molar-refractivity contribution is 6.14. The van der Waals surface area contributed by atoms with Crippen LogP contribution in [0.3, 0.4) is 0 Å². The summed E-state index contributed by atoms with van der Waals surface area (Å²) in [5.74, 6) is 0. The minimum absolute atomic E-state index is 0.300. The summed E-state index contributed by atoms with van der Waals surface area (Å²) in [6.07, 6.45) is 0. The summed E-state index contributed by atoms with van der Waals surface area (Å²) in [6.45, 7) is 2.37. The zero-order valence-corrected chi connectivity index (χ0v) is 27.7. The van der Waals surface area contributed by atoms with Crippen molar-refractivity contribution in [3.63, 3.8) is 0 Å². The van der Waals surface area contributed by atoms with Crippen molar-refractivity contribution in [2.45, 2.75) is 12.3 Å². The van der Waals surface area contributed by atoms with E-state index < -0.39 is 0 Å². The Bertz CT molecular complexity index is 2670. The molecule has 1 aliphatic carbocycles. The van der Waals surface area contributed by atoms with Crippen LogP contribution >= 0.6 is 0 Å². The number of anilines is 3. The van der Waals surface area contributed by atoms with Crippen molar-refractivity contribution in [1.82, 2.24) is 0 Å². The summed E-state index contributed by atoms with van der Waals surface area (Å²) < 4.78 is 6.63. The Labute approximate surface area is 291 Å². The molecule has 0 radical (unpaired) electrons. The molecule has 0 saturated heterocycles. The quantitative estimate of drug-likeness (QED) is 0.186. The second-order valence-corrected chi connectivity index (χ2v) is 13.5. The first-order chi connectivity index (χ1) is 24.7. The Morgan fingerprint density at radius 2 is 1.10 bits per heavy atom. The van der Waals surface area contributed by atoms with Crippen molar-refractivity contribution < 1.29 is 4.42 Å². The summed E-state index contributed by atoms with van der Waals surface area (Å²) in [6, 6.07) is 65.7. The molecule has 236 valence electrons. The monoisotopic (exact) mass is 639 g/mol. The SMILES string of the molecule is CC1(c2ccc3oc4cccc(N(c5ccc(-c6ccccc6)cc5)c5ccc6ccccc6c5)c4c3c2)c2ccccc2-c2ccccc21. The molecule has 8 aromatic carbocycles. The van der Waals surface area contributed by atoms with Crippen LogP contribution in [0.1, 0.15) is 23.6 Å². The molecule has 0 aliphatic heterocycles. The topological polar surface area (TPSA) is 16.4 Å². The molecular formula is C48H33NO. The fourth-order valence-corrected chi connectivity index (χ4v) is 8.25. The number of fused-ring (bicyclic) bond motifs is 7. The maximum atomic E-state index is 6.63. The van der Waals surface area contributed by atoms with E-state index in [1.54, 1.807) is 0 Å². The van der Waals surface area contributed by atoms with Gasteiger partial charge in [-0.05, 0) is 105 Å². The predicted molar refractivity (Wildman–Crippen MR) is 209 cm³/mol. The summed E-state index contributed by atoms with van der Waals surface area (Å²) in [4.78, 5) is 2.38. The molecule has 0 unspecified atom stereocenters. The van der Waals surface area contributed by atoms with Gasteiger partial charge in [-0.1, -0.05) is 133 Å². The summed E-state index contributed by atoms with van der Waals surface area (Å²) in [5, 5.41) is 4.64. The van der Waals surface area contributed by atoms with Crippen LogP contribution in [0.2, 0.25) is 0 Å². The molecule has 0 bridgehead atoms. The van der Waals surface area contributed by atoms with E-state index >= 15 is 0 Å². The highest BCUT2D eigenvalue weighted by atomic mass is 16.3. The smallest absolute Gasteiger partial charge is 0.137 e. The first-order valence-electron chi connectivity index (χ1n) is 17.3. The molecule has 10 rings (SSSR count). The van der Waals surface area contributed by atoms with Gasteiger partial charge in [-0.15, -0.1) is 0 Å². The van der Waals surface area contributed by atoms with Crippen molar-refractivity contribution in [2.75, 3.05) is 4.90 Å². The van der Waals surface area contributed by atoms with Crippen LogP contribution in [0.25, 0.3) is 55.0 Å². The average Bonchev–Trinajstić information content (AvgIpc) is 3.69. The molecule has 1 heterocycles. The van der Waals surface area contributed by atoms with Gasteiger partial charge >= 0.3 is 0 Å². The average molecular weight is 640 g/mol. The van der Waals surface area contributed by atoms with E-state index in [2.05, 4.69) is 194 Å². The second-order valence-electron chi connectivity index (χ2n) is 13.5. The molecule has 0 spiro atoms. The van der Waals surface area contributed by atoms with Gasteiger partial charge in [0.05, 0.1) is 11.1 Å². The molecular weight excluding hydrogens is 607 g/mol. The summed E-state index contributed by atoms with van der Waals surface area (Å²) >= 11 is 0. The molecule has 0 atom stereocenters. The lowest BCUT2D eigenvalue weighted by molar-refractivity contribution is 0.667. The van der Waals surface area contributed by atoms with Gasteiger partial charge in [0.15, 0.2) is 0 Å².